The molecule has 1 aromatic heterocycles. The van der Waals surface area contributed by atoms with E-state index in [1.54, 1.807) is 6.92 Å². The van der Waals surface area contributed by atoms with Gasteiger partial charge in [0.15, 0.2) is 5.16 Å². The second-order valence-corrected chi connectivity index (χ2v) is 6.28. The number of thioether (sulfide) groups is 1. The molecule has 2 rings (SSSR count). The van der Waals surface area contributed by atoms with Crippen molar-refractivity contribution in [3.63, 3.8) is 0 Å². The molecule has 2 aromatic rings. The van der Waals surface area contributed by atoms with Crippen LogP contribution >= 0.6 is 11.8 Å². The number of benzene rings is 1. The lowest BCUT2D eigenvalue weighted by Gasteiger charge is -2.12. The van der Waals surface area contributed by atoms with Crippen molar-refractivity contribution in [2.24, 2.45) is 7.05 Å². The molecule has 0 fully saturated rings. The first kappa shape index (κ1) is 18.2. The molecule has 1 atom stereocenters. The third-order valence-corrected chi connectivity index (χ3v) is 4.25. The molecule has 130 valence electrons. The average molecular weight is 362 g/mol. The van der Waals surface area contributed by atoms with Gasteiger partial charge in [0, 0.05) is 13.6 Å². The lowest BCUT2D eigenvalue weighted by atomic mass is 10.2. The quantitative estimate of drug-likeness (QED) is 0.656. The molecule has 0 saturated heterocycles. The average Bonchev–Trinajstić information content (AvgIpc) is 2.87. The van der Waals surface area contributed by atoms with Gasteiger partial charge in [-0.1, -0.05) is 23.9 Å². The summed E-state index contributed by atoms with van der Waals surface area (Å²) < 4.78 is 51.6. The van der Waals surface area contributed by atoms with Gasteiger partial charge in [0.2, 0.25) is 11.7 Å². The number of hydrogen-bond acceptors (Lipinski definition) is 4. The van der Waals surface area contributed by atoms with Gasteiger partial charge in [-0.2, -0.15) is 13.2 Å². The Hall–Kier alpha value is -2.10. The molecule has 0 aliphatic heterocycles. The topological polar surface area (TPSA) is 59.8 Å². The van der Waals surface area contributed by atoms with Crippen LogP contribution in [0.4, 0.5) is 17.6 Å². The van der Waals surface area contributed by atoms with Crippen molar-refractivity contribution >= 4 is 17.7 Å². The summed E-state index contributed by atoms with van der Waals surface area (Å²) >= 11 is 0.870. The maximum atomic E-state index is 12.8. The smallest absolute Gasteiger partial charge is 0.351 e. The van der Waals surface area contributed by atoms with Gasteiger partial charge in [-0.15, -0.1) is 10.2 Å². The van der Waals surface area contributed by atoms with Crippen LogP contribution in [-0.4, -0.2) is 25.9 Å². The van der Waals surface area contributed by atoms with E-state index in [-0.39, 0.29) is 23.4 Å². The first-order valence-corrected chi connectivity index (χ1v) is 7.72. The summed E-state index contributed by atoms with van der Waals surface area (Å²) in [7, 11) is 1.19. The highest BCUT2D eigenvalue weighted by Gasteiger charge is 2.37. The monoisotopic (exact) mass is 362 g/mol. The zero-order valence-corrected chi connectivity index (χ0v) is 13.6. The molecule has 5 nitrogen and oxygen atoms in total. The van der Waals surface area contributed by atoms with Crippen molar-refractivity contribution in [1.29, 1.82) is 0 Å². The molecule has 0 spiro atoms. The van der Waals surface area contributed by atoms with E-state index in [4.69, 9.17) is 0 Å². The molecule has 0 unspecified atom stereocenters. The van der Waals surface area contributed by atoms with E-state index >= 15 is 0 Å². The van der Waals surface area contributed by atoms with Crippen LogP contribution in [-0.2, 0) is 24.6 Å². The molecule has 10 heteroatoms. The van der Waals surface area contributed by atoms with Gasteiger partial charge >= 0.3 is 6.18 Å². The minimum Gasteiger partial charge on any atom is -0.351 e. The zero-order valence-electron chi connectivity index (χ0n) is 12.8. The van der Waals surface area contributed by atoms with E-state index in [0.717, 1.165) is 16.3 Å². The number of alkyl halides is 3. The van der Waals surface area contributed by atoms with Crippen molar-refractivity contribution in [3.8, 4) is 0 Å². The summed E-state index contributed by atoms with van der Waals surface area (Å²) in [4.78, 5) is 12.0. The van der Waals surface area contributed by atoms with E-state index in [0.29, 0.717) is 5.56 Å². The number of carbonyl (C=O) groups excluding carboxylic acids is 1. The fraction of sp³-hybridized carbons (Fsp3) is 0.357. The second kappa shape index (κ2) is 7.20. The van der Waals surface area contributed by atoms with Crippen molar-refractivity contribution in [1.82, 2.24) is 20.1 Å². The minimum absolute atomic E-state index is 0.00763. The Kier molecular flexibility index (Phi) is 5.47. The number of aromatic nitrogens is 3. The summed E-state index contributed by atoms with van der Waals surface area (Å²) in [6.45, 7) is 1.74. The Bertz CT molecular complexity index is 715. The molecular weight excluding hydrogens is 348 g/mol. The van der Waals surface area contributed by atoms with Gasteiger partial charge in [0.25, 0.3) is 0 Å². The summed E-state index contributed by atoms with van der Waals surface area (Å²) in [6.07, 6.45) is -4.60. The van der Waals surface area contributed by atoms with Crippen molar-refractivity contribution < 1.29 is 22.4 Å². The fourth-order valence-electron chi connectivity index (χ4n) is 1.81. The van der Waals surface area contributed by atoms with Crippen LogP contribution in [0.5, 0.6) is 0 Å². The van der Waals surface area contributed by atoms with Gasteiger partial charge < -0.3 is 9.88 Å². The first-order chi connectivity index (χ1) is 11.2. The maximum absolute atomic E-state index is 12.8. The first-order valence-electron chi connectivity index (χ1n) is 6.84. The van der Waals surface area contributed by atoms with Gasteiger partial charge in [0.05, 0.1) is 5.25 Å². The molecule has 1 N–H and O–H groups in total. The largest absolute Gasteiger partial charge is 0.451 e. The van der Waals surface area contributed by atoms with Gasteiger partial charge in [-0.05, 0) is 24.6 Å². The lowest BCUT2D eigenvalue weighted by molar-refractivity contribution is -0.147. The number of amides is 1. The third kappa shape index (κ3) is 4.47. The van der Waals surface area contributed by atoms with Gasteiger partial charge in [-0.3, -0.25) is 4.79 Å². The molecule has 0 aliphatic rings. The van der Waals surface area contributed by atoms with E-state index in [9.17, 15) is 22.4 Å². The standard InChI is InChI=1S/C14H14F4N4OS/c1-8(11(23)19-7-9-3-5-10(15)6-4-9)24-13-21-20-12(22(13)2)14(16,17)18/h3-6,8H,7H2,1-2H3,(H,19,23)/t8-/m0/s1. The number of hydrogen-bond donors (Lipinski definition) is 1. The van der Waals surface area contributed by atoms with Crippen molar-refractivity contribution in [2.45, 2.75) is 30.1 Å². The fourth-order valence-corrected chi connectivity index (χ4v) is 2.65. The maximum Gasteiger partial charge on any atom is 0.451 e. The SMILES string of the molecule is C[C@H](Sc1nnc(C(F)(F)F)n1C)C(=O)NCc1ccc(F)cc1. The highest BCUT2D eigenvalue weighted by atomic mass is 32.2. The predicted octanol–water partition coefficient (Wildman–Crippen LogP) is 2.77. The number of nitrogens with zero attached hydrogens (tertiary/aromatic N) is 3. The number of halogens is 4. The molecule has 1 heterocycles. The van der Waals surface area contributed by atoms with Crippen LogP contribution in [0.25, 0.3) is 0 Å². The second-order valence-electron chi connectivity index (χ2n) is 4.97. The minimum atomic E-state index is -4.60. The van der Waals surface area contributed by atoms with E-state index in [2.05, 4.69) is 15.5 Å². The van der Waals surface area contributed by atoms with Crippen LogP contribution < -0.4 is 5.32 Å². The third-order valence-electron chi connectivity index (χ3n) is 3.12. The Morgan fingerprint density at radius 1 is 1.29 bits per heavy atom. The van der Waals surface area contributed by atoms with E-state index in [1.807, 2.05) is 0 Å². The van der Waals surface area contributed by atoms with Crippen molar-refractivity contribution in [3.05, 3.63) is 41.5 Å². The number of rotatable bonds is 5. The number of nitrogens with one attached hydrogen (secondary N) is 1. The highest BCUT2D eigenvalue weighted by molar-refractivity contribution is 8.00. The van der Waals surface area contributed by atoms with Crippen LogP contribution in [0.1, 0.15) is 18.3 Å². The number of carbonyl (C=O) groups is 1. The zero-order chi connectivity index (χ0) is 17.9. The molecule has 24 heavy (non-hydrogen) atoms. The Labute approximate surface area is 139 Å². The van der Waals surface area contributed by atoms with E-state index in [1.165, 1.54) is 31.3 Å². The van der Waals surface area contributed by atoms with Gasteiger partial charge in [-0.25, -0.2) is 4.39 Å². The van der Waals surface area contributed by atoms with Crippen LogP contribution in [0, 0.1) is 5.82 Å². The molecule has 0 aliphatic carbocycles. The summed E-state index contributed by atoms with van der Waals surface area (Å²) in [6, 6.07) is 5.62. The molecule has 0 bridgehead atoms. The highest BCUT2D eigenvalue weighted by Crippen LogP contribution is 2.30. The van der Waals surface area contributed by atoms with Crippen molar-refractivity contribution in [2.75, 3.05) is 0 Å². The summed E-state index contributed by atoms with van der Waals surface area (Å²) in [5.41, 5.74) is 0.708. The molecule has 0 saturated carbocycles. The van der Waals surface area contributed by atoms with Crippen LogP contribution in [0.2, 0.25) is 0 Å². The summed E-state index contributed by atoms with van der Waals surface area (Å²) in [5, 5.41) is 8.52. The molecule has 1 amide bonds. The van der Waals surface area contributed by atoms with Gasteiger partial charge in [0.1, 0.15) is 5.82 Å². The molecular formula is C14H14F4N4OS. The summed E-state index contributed by atoms with van der Waals surface area (Å²) in [5.74, 6) is -1.87. The molecule has 0 radical (unpaired) electrons. The Morgan fingerprint density at radius 2 is 1.92 bits per heavy atom. The van der Waals surface area contributed by atoms with Crippen LogP contribution in [0.3, 0.4) is 0 Å². The normalized spacial score (nSPS) is 12.9. The Balaban J connectivity index is 1.94. The molecule has 1 aromatic carbocycles. The van der Waals surface area contributed by atoms with Crippen LogP contribution in [0.15, 0.2) is 29.4 Å². The predicted molar refractivity (Wildman–Crippen MR) is 79.6 cm³/mol. The Morgan fingerprint density at radius 3 is 2.46 bits per heavy atom. The van der Waals surface area contributed by atoms with E-state index < -0.39 is 17.3 Å². The lowest BCUT2D eigenvalue weighted by Crippen LogP contribution is -2.30.